The third kappa shape index (κ3) is 2.75. The predicted molar refractivity (Wildman–Crippen MR) is 73.0 cm³/mol. The summed E-state index contributed by atoms with van der Waals surface area (Å²) in [6.45, 7) is 4.28. The van der Waals surface area contributed by atoms with Gasteiger partial charge in [0, 0.05) is 13.1 Å². The van der Waals surface area contributed by atoms with Crippen LogP contribution in [0, 0.1) is 5.92 Å². The Bertz CT molecular complexity index is 445. The Balaban J connectivity index is 2.20. The van der Waals surface area contributed by atoms with Crippen LogP contribution in [0.4, 0.5) is 11.4 Å². The molecule has 3 N–H and O–H groups in total. The number of carboxylic acid groups (broad SMARTS) is 1. The van der Waals surface area contributed by atoms with Gasteiger partial charge in [0.05, 0.1) is 16.9 Å². The fourth-order valence-electron chi connectivity index (χ4n) is 2.48. The molecule has 0 amide bonds. The van der Waals surface area contributed by atoms with Crippen molar-refractivity contribution in [3.63, 3.8) is 0 Å². The summed E-state index contributed by atoms with van der Waals surface area (Å²) >= 11 is 0. The highest BCUT2D eigenvalue weighted by Crippen LogP contribution is 2.28. The van der Waals surface area contributed by atoms with Crippen LogP contribution >= 0.6 is 0 Å². The summed E-state index contributed by atoms with van der Waals surface area (Å²) in [5, 5.41) is 8.92. The van der Waals surface area contributed by atoms with Crippen molar-refractivity contribution in [2.24, 2.45) is 5.92 Å². The fraction of sp³-hybridized carbons (Fsp3) is 0.500. The highest BCUT2D eigenvalue weighted by atomic mass is 16.4. The molecule has 4 heteroatoms. The monoisotopic (exact) mass is 248 g/mol. The number of carboxylic acids is 1. The van der Waals surface area contributed by atoms with Crippen molar-refractivity contribution >= 4 is 17.3 Å². The molecule has 0 spiro atoms. The average molecular weight is 248 g/mol. The molecule has 1 aromatic carbocycles. The number of carbonyl (C=O) groups is 1. The van der Waals surface area contributed by atoms with Crippen LogP contribution in [-0.2, 0) is 0 Å². The molecule has 1 aliphatic heterocycles. The van der Waals surface area contributed by atoms with Crippen LogP contribution in [-0.4, -0.2) is 24.2 Å². The van der Waals surface area contributed by atoms with Crippen molar-refractivity contribution in [2.45, 2.75) is 26.2 Å². The summed E-state index contributed by atoms with van der Waals surface area (Å²) < 4.78 is 0. The minimum Gasteiger partial charge on any atom is -0.478 e. The number of rotatable bonds is 2. The first kappa shape index (κ1) is 12.7. The van der Waals surface area contributed by atoms with Crippen LogP contribution in [0.2, 0.25) is 0 Å². The molecular formula is C14H20N2O2. The zero-order valence-corrected chi connectivity index (χ0v) is 10.7. The van der Waals surface area contributed by atoms with Crippen LogP contribution in [0.1, 0.15) is 36.5 Å². The van der Waals surface area contributed by atoms with Crippen LogP contribution in [0.5, 0.6) is 0 Å². The second-order valence-electron chi connectivity index (χ2n) is 5.10. The number of hydrogen-bond acceptors (Lipinski definition) is 3. The minimum atomic E-state index is -0.933. The summed E-state index contributed by atoms with van der Waals surface area (Å²) in [5.74, 6) is -0.174. The molecule has 1 atom stereocenters. The Kier molecular flexibility index (Phi) is 3.75. The smallest absolute Gasteiger partial charge is 0.335 e. The summed E-state index contributed by atoms with van der Waals surface area (Å²) in [6, 6.07) is 5.00. The topological polar surface area (TPSA) is 66.6 Å². The van der Waals surface area contributed by atoms with E-state index in [1.165, 1.54) is 19.3 Å². The number of hydrogen-bond donors (Lipinski definition) is 2. The second-order valence-corrected chi connectivity index (χ2v) is 5.10. The maximum atomic E-state index is 10.9. The molecule has 1 aromatic rings. The zero-order chi connectivity index (χ0) is 13.1. The van der Waals surface area contributed by atoms with Crippen molar-refractivity contribution < 1.29 is 9.90 Å². The van der Waals surface area contributed by atoms with Gasteiger partial charge >= 0.3 is 5.97 Å². The van der Waals surface area contributed by atoms with Gasteiger partial charge in [-0.15, -0.1) is 0 Å². The fourth-order valence-corrected chi connectivity index (χ4v) is 2.48. The molecule has 0 aliphatic carbocycles. The van der Waals surface area contributed by atoms with Crippen LogP contribution < -0.4 is 10.6 Å². The van der Waals surface area contributed by atoms with Crippen LogP contribution in [0.15, 0.2) is 18.2 Å². The Morgan fingerprint density at radius 3 is 2.83 bits per heavy atom. The Morgan fingerprint density at radius 2 is 2.17 bits per heavy atom. The van der Waals surface area contributed by atoms with E-state index >= 15 is 0 Å². The molecule has 4 nitrogen and oxygen atoms in total. The van der Waals surface area contributed by atoms with E-state index in [1.807, 2.05) is 6.07 Å². The molecule has 0 saturated carbocycles. The Labute approximate surface area is 107 Å². The lowest BCUT2D eigenvalue weighted by Crippen LogP contribution is -2.25. The average Bonchev–Trinajstić information content (AvgIpc) is 2.54. The van der Waals surface area contributed by atoms with Gasteiger partial charge in [0.15, 0.2) is 0 Å². The van der Waals surface area contributed by atoms with Gasteiger partial charge in [0.25, 0.3) is 0 Å². The number of nitrogen functional groups attached to an aromatic ring is 1. The quantitative estimate of drug-likeness (QED) is 0.789. The number of nitrogens with two attached hydrogens (primary N) is 1. The summed E-state index contributed by atoms with van der Waals surface area (Å²) in [4.78, 5) is 13.1. The normalized spacial score (nSPS) is 20.5. The minimum absolute atomic E-state index is 0.249. The number of aromatic carboxylic acids is 1. The highest BCUT2D eigenvalue weighted by molar-refractivity contribution is 5.90. The molecule has 2 rings (SSSR count). The number of nitrogens with zero attached hydrogens (tertiary/aromatic N) is 1. The van der Waals surface area contributed by atoms with E-state index in [0.29, 0.717) is 5.69 Å². The van der Waals surface area contributed by atoms with E-state index < -0.39 is 5.97 Å². The molecule has 18 heavy (non-hydrogen) atoms. The van der Waals surface area contributed by atoms with Crippen molar-refractivity contribution in [1.82, 2.24) is 0 Å². The van der Waals surface area contributed by atoms with Crippen molar-refractivity contribution in [2.75, 3.05) is 23.7 Å². The van der Waals surface area contributed by atoms with E-state index in [2.05, 4.69) is 11.8 Å². The van der Waals surface area contributed by atoms with Gasteiger partial charge in [-0.05, 0) is 43.4 Å². The molecule has 1 fully saturated rings. The van der Waals surface area contributed by atoms with Gasteiger partial charge in [-0.25, -0.2) is 4.79 Å². The first-order valence-electron chi connectivity index (χ1n) is 6.45. The third-order valence-electron chi connectivity index (χ3n) is 3.63. The van der Waals surface area contributed by atoms with E-state index in [4.69, 9.17) is 10.8 Å². The predicted octanol–water partition coefficient (Wildman–Crippen LogP) is 2.59. The van der Waals surface area contributed by atoms with E-state index in [-0.39, 0.29) is 5.56 Å². The molecule has 0 radical (unpaired) electrons. The van der Waals surface area contributed by atoms with Gasteiger partial charge in [0.2, 0.25) is 0 Å². The third-order valence-corrected chi connectivity index (χ3v) is 3.63. The maximum absolute atomic E-state index is 10.9. The standard InChI is InChI=1S/C14H20N2O2/c1-10-3-2-7-16(8-6-10)13-5-4-11(14(17)18)9-12(13)15/h4-5,9-10H,2-3,6-8,15H2,1H3,(H,17,18). The van der Waals surface area contributed by atoms with Gasteiger partial charge in [0.1, 0.15) is 0 Å². The molecular weight excluding hydrogens is 228 g/mol. The van der Waals surface area contributed by atoms with E-state index in [1.54, 1.807) is 12.1 Å². The molecule has 98 valence electrons. The largest absolute Gasteiger partial charge is 0.478 e. The summed E-state index contributed by atoms with van der Waals surface area (Å²) in [6.07, 6.45) is 3.59. The lowest BCUT2D eigenvalue weighted by atomic mass is 10.0. The van der Waals surface area contributed by atoms with Crippen LogP contribution in [0.25, 0.3) is 0 Å². The SMILES string of the molecule is CC1CCCN(c2ccc(C(=O)O)cc2N)CC1. The number of anilines is 2. The van der Waals surface area contributed by atoms with E-state index in [9.17, 15) is 4.79 Å². The molecule has 0 aromatic heterocycles. The zero-order valence-electron chi connectivity index (χ0n) is 10.7. The van der Waals surface area contributed by atoms with Crippen molar-refractivity contribution in [3.8, 4) is 0 Å². The molecule has 1 unspecified atom stereocenters. The van der Waals surface area contributed by atoms with Gasteiger partial charge in [-0.2, -0.15) is 0 Å². The van der Waals surface area contributed by atoms with Crippen molar-refractivity contribution in [3.05, 3.63) is 23.8 Å². The Hall–Kier alpha value is -1.71. The molecule has 1 aliphatic rings. The molecule has 1 heterocycles. The van der Waals surface area contributed by atoms with Crippen LogP contribution in [0.3, 0.4) is 0 Å². The lowest BCUT2D eigenvalue weighted by molar-refractivity contribution is 0.0697. The lowest BCUT2D eigenvalue weighted by Gasteiger charge is -2.24. The summed E-state index contributed by atoms with van der Waals surface area (Å²) in [7, 11) is 0. The summed E-state index contributed by atoms with van der Waals surface area (Å²) in [5.41, 5.74) is 7.75. The molecule has 1 saturated heterocycles. The maximum Gasteiger partial charge on any atom is 0.335 e. The van der Waals surface area contributed by atoms with Crippen molar-refractivity contribution in [1.29, 1.82) is 0 Å². The van der Waals surface area contributed by atoms with Gasteiger partial charge in [-0.1, -0.05) is 6.92 Å². The Morgan fingerprint density at radius 1 is 1.39 bits per heavy atom. The van der Waals surface area contributed by atoms with E-state index in [0.717, 1.165) is 24.7 Å². The first-order valence-corrected chi connectivity index (χ1v) is 6.45. The number of benzene rings is 1. The highest BCUT2D eigenvalue weighted by Gasteiger charge is 2.16. The molecule has 0 bridgehead atoms. The second kappa shape index (κ2) is 5.29. The van der Waals surface area contributed by atoms with Gasteiger partial charge in [-0.3, -0.25) is 0 Å². The van der Waals surface area contributed by atoms with Gasteiger partial charge < -0.3 is 15.7 Å². The first-order chi connectivity index (χ1) is 8.58.